The van der Waals surface area contributed by atoms with Crippen LogP contribution in [0.25, 0.3) is 33.4 Å². The standard InChI is InChI=1S/C24H25N3O3/c1-15-9-11-27(12-10-15)14-18-21(28)8-7-16-13-17(24(29)30-22(16)18)23-25-19-5-3-4-6-20(19)26(23)2/h3-8,13,15,28H,9-12,14H2,1-2H3/p+1. The minimum atomic E-state index is -0.435. The van der Waals surface area contributed by atoms with Crippen molar-refractivity contribution in [2.75, 3.05) is 13.1 Å². The Hall–Kier alpha value is -3.12. The van der Waals surface area contributed by atoms with Gasteiger partial charge >= 0.3 is 5.63 Å². The summed E-state index contributed by atoms with van der Waals surface area (Å²) in [6.07, 6.45) is 2.36. The fraction of sp³-hybridized carbons (Fsp3) is 0.333. The number of aromatic nitrogens is 2. The molecule has 154 valence electrons. The van der Waals surface area contributed by atoms with Crippen molar-refractivity contribution in [2.45, 2.75) is 26.3 Å². The second kappa shape index (κ2) is 7.29. The first-order valence-corrected chi connectivity index (χ1v) is 10.6. The second-order valence-electron chi connectivity index (χ2n) is 8.52. The number of imidazole rings is 1. The first-order valence-electron chi connectivity index (χ1n) is 10.6. The maximum atomic E-state index is 13.0. The van der Waals surface area contributed by atoms with Crippen molar-refractivity contribution >= 4 is 22.0 Å². The Labute approximate surface area is 174 Å². The molecule has 0 spiro atoms. The van der Waals surface area contributed by atoms with Gasteiger partial charge in [-0.15, -0.1) is 0 Å². The molecule has 1 saturated heterocycles. The minimum Gasteiger partial charge on any atom is -0.507 e. The summed E-state index contributed by atoms with van der Waals surface area (Å²) >= 11 is 0. The molecule has 2 N–H and O–H groups in total. The third-order valence-electron chi connectivity index (χ3n) is 6.42. The van der Waals surface area contributed by atoms with Crippen molar-refractivity contribution < 1.29 is 14.4 Å². The van der Waals surface area contributed by atoms with Crippen molar-refractivity contribution in [1.29, 1.82) is 0 Å². The molecule has 6 heteroatoms. The number of quaternary nitrogens is 1. The van der Waals surface area contributed by atoms with Gasteiger partial charge in [-0.2, -0.15) is 0 Å². The fourth-order valence-corrected chi connectivity index (χ4v) is 4.54. The summed E-state index contributed by atoms with van der Waals surface area (Å²) in [5.41, 5.74) is 2.98. The number of para-hydroxylation sites is 2. The van der Waals surface area contributed by atoms with Crippen molar-refractivity contribution in [2.24, 2.45) is 13.0 Å². The summed E-state index contributed by atoms with van der Waals surface area (Å²) in [6, 6.07) is 13.1. The topological polar surface area (TPSA) is 72.7 Å². The van der Waals surface area contributed by atoms with Crippen LogP contribution in [-0.4, -0.2) is 27.7 Å². The summed E-state index contributed by atoms with van der Waals surface area (Å²) in [4.78, 5) is 19.0. The SMILES string of the molecule is CC1CC[NH+](Cc2c(O)ccc3cc(-c4nc5ccccc5n4C)c(=O)oc23)CC1. The molecule has 0 amide bonds. The summed E-state index contributed by atoms with van der Waals surface area (Å²) in [5, 5.41) is 11.3. The minimum absolute atomic E-state index is 0.187. The van der Waals surface area contributed by atoms with E-state index in [4.69, 9.17) is 4.42 Å². The van der Waals surface area contributed by atoms with Crippen molar-refractivity contribution in [3.8, 4) is 17.1 Å². The van der Waals surface area contributed by atoms with Crippen LogP contribution in [0.2, 0.25) is 0 Å². The average Bonchev–Trinajstić information content (AvgIpc) is 3.08. The summed E-state index contributed by atoms with van der Waals surface area (Å²) in [6.45, 7) is 5.08. The summed E-state index contributed by atoms with van der Waals surface area (Å²) < 4.78 is 7.70. The number of likely N-dealkylation sites (tertiary alicyclic amines) is 1. The maximum Gasteiger partial charge on any atom is 0.347 e. The third kappa shape index (κ3) is 3.17. The first-order chi connectivity index (χ1) is 14.5. The second-order valence-corrected chi connectivity index (χ2v) is 8.52. The van der Waals surface area contributed by atoms with Crippen molar-refractivity contribution in [3.63, 3.8) is 0 Å². The molecule has 2 aromatic carbocycles. The lowest BCUT2D eigenvalue weighted by atomic mass is 9.98. The van der Waals surface area contributed by atoms with Gasteiger partial charge in [0.15, 0.2) is 5.58 Å². The highest BCUT2D eigenvalue weighted by Gasteiger charge is 2.23. The summed E-state index contributed by atoms with van der Waals surface area (Å²) in [7, 11) is 1.90. The van der Waals surface area contributed by atoms with E-state index < -0.39 is 5.63 Å². The van der Waals surface area contributed by atoms with Gasteiger partial charge in [0, 0.05) is 12.4 Å². The van der Waals surface area contributed by atoms with Crippen LogP contribution in [0.4, 0.5) is 0 Å². The van der Waals surface area contributed by atoms with Gasteiger partial charge in [-0.25, -0.2) is 9.78 Å². The van der Waals surface area contributed by atoms with Gasteiger partial charge in [-0.3, -0.25) is 0 Å². The van der Waals surface area contributed by atoms with Crippen molar-refractivity contribution in [3.05, 3.63) is 58.4 Å². The Morgan fingerprint density at radius 2 is 1.97 bits per heavy atom. The van der Waals surface area contributed by atoms with Crippen LogP contribution in [0.5, 0.6) is 5.75 Å². The predicted octanol–water partition coefficient (Wildman–Crippen LogP) is 2.87. The zero-order valence-electron chi connectivity index (χ0n) is 17.3. The Morgan fingerprint density at radius 1 is 1.20 bits per heavy atom. The quantitative estimate of drug-likeness (QED) is 0.515. The number of phenols is 1. The number of phenolic OH excluding ortho intramolecular Hbond substituents is 1. The predicted molar refractivity (Wildman–Crippen MR) is 117 cm³/mol. The van der Waals surface area contributed by atoms with Gasteiger partial charge in [-0.05, 0) is 49.1 Å². The number of piperidine rings is 1. The first kappa shape index (κ1) is 18.9. The van der Waals surface area contributed by atoms with E-state index in [1.165, 1.54) is 17.7 Å². The molecule has 0 radical (unpaired) electrons. The van der Waals surface area contributed by atoms with E-state index in [0.717, 1.165) is 35.4 Å². The highest BCUT2D eigenvalue weighted by molar-refractivity contribution is 5.86. The lowest BCUT2D eigenvalue weighted by molar-refractivity contribution is -0.919. The molecular weight excluding hydrogens is 378 g/mol. The smallest absolute Gasteiger partial charge is 0.347 e. The molecule has 2 aromatic heterocycles. The largest absolute Gasteiger partial charge is 0.507 e. The molecule has 1 fully saturated rings. The molecule has 30 heavy (non-hydrogen) atoms. The van der Waals surface area contributed by atoms with E-state index in [-0.39, 0.29) is 5.75 Å². The molecule has 0 bridgehead atoms. The van der Waals surface area contributed by atoms with Gasteiger partial charge in [0.25, 0.3) is 0 Å². The van der Waals surface area contributed by atoms with Gasteiger partial charge < -0.3 is 19.0 Å². The van der Waals surface area contributed by atoms with E-state index >= 15 is 0 Å². The number of fused-ring (bicyclic) bond motifs is 2. The van der Waals surface area contributed by atoms with Crippen LogP contribution in [-0.2, 0) is 13.6 Å². The molecule has 1 aliphatic heterocycles. The Balaban J connectivity index is 1.60. The molecule has 3 heterocycles. The lowest BCUT2D eigenvalue weighted by Gasteiger charge is -2.27. The number of aromatic hydroxyl groups is 1. The highest BCUT2D eigenvalue weighted by Crippen LogP contribution is 2.29. The molecule has 1 aliphatic rings. The van der Waals surface area contributed by atoms with E-state index in [1.807, 2.05) is 41.9 Å². The van der Waals surface area contributed by atoms with Gasteiger partial charge in [-0.1, -0.05) is 19.1 Å². The van der Waals surface area contributed by atoms with Crippen LogP contribution in [0.1, 0.15) is 25.3 Å². The van der Waals surface area contributed by atoms with Crippen molar-refractivity contribution in [1.82, 2.24) is 9.55 Å². The molecule has 5 rings (SSSR count). The number of hydrogen-bond acceptors (Lipinski definition) is 4. The number of rotatable bonds is 3. The number of nitrogens with zero attached hydrogens (tertiary/aromatic N) is 2. The molecule has 0 atom stereocenters. The molecular formula is C24H26N3O3+. The van der Waals surface area contributed by atoms with Crippen LogP contribution in [0.3, 0.4) is 0 Å². The monoisotopic (exact) mass is 404 g/mol. The Kier molecular flexibility index (Phi) is 4.59. The molecule has 4 aromatic rings. The fourth-order valence-electron chi connectivity index (χ4n) is 4.54. The van der Waals surface area contributed by atoms with Gasteiger partial charge in [0.1, 0.15) is 23.7 Å². The van der Waals surface area contributed by atoms with Crippen LogP contribution in [0.15, 0.2) is 51.7 Å². The zero-order chi connectivity index (χ0) is 20.8. The molecule has 0 saturated carbocycles. The lowest BCUT2D eigenvalue weighted by Crippen LogP contribution is -3.11. The average molecular weight is 404 g/mol. The highest BCUT2D eigenvalue weighted by atomic mass is 16.4. The Morgan fingerprint density at radius 3 is 2.73 bits per heavy atom. The normalized spacial score (nSPS) is 19.5. The summed E-state index contributed by atoms with van der Waals surface area (Å²) in [5.74, 6) is 1.52. The van der Waals surface area contributed by atoms with Crippen LogP contribution < -0.4 is 10.5 Å². The Bertz CT molecular complexity index is 1300. The van der Waals surface area contributed by atoms with Crippen LogP contribution in [0, 0.1) is 5.92 Å². The molecule has 6 nitrogen and oxygen atoms in total. The van der Waals surface area contributed by atoms with Gasteiger partial charge in [0.2, 0.25) is 0 Å². The van der Waals surface area contributed by atoms with Gasteiger partial charge in [0.05, 0.1) is 29.7 Å². The number of nitrogens with one attached hydrogen (secondary N) is 1. The maximum absolute atomic E-state index is 13.0. The number of hydrogen-bond donors (Lipinski definition) is 2. The van der Waals surface area contributed by atoms with E-state index in [2.05, 4.69) is 11.9 Å². The molecule has 0 aliphatic carbocycles. The number of benzene rings is 2. The van der Waals surface area contributed by atoms with E-state index in [1.54, 1.807) is 12.1 Å². The zero-order valence-corrected chi connectivity index (χ0v) is 17.3. The molecule has 0 unspecified atom stereocenters. The van der Waals surface area contributed by atoms with E-state index in [0.29, 0.717) is 29.1 Å². The van der Waals surface area contributed by atoms with Crippen LogP contribution >= 0.6 is 0 Å². The number of aryl methyl sites for hydroxylation is 1. The third-order valence-corrected chi connectivity index (χ3v) is 6.42. The van der Waals surface area contributed by atoms with E-state index in [9.17, 15) is 9.90 Å².